The fourth-order valence-electron chi connectivity index (χ4n) is 0.800. The van der Waals surface area contributed by atoms with E-state index in [4.69, 9.17) is 4.11 Å². The van der Waals surface area contributed by atoms with Gasteiger partial charge in [0, 0.05) is 11.6 Å². The summed E-state index contributed by atoms with van der Waals surface area (Å²) in [4.78, 5) is 0. The highest BCUT2D eigenvalue weighted by Crippen LogP contribution is 2.14. The maximum Gasteiger partial charge on any atom is 0.124 e. The summed E-state index contributed by atoms with van der Waals surface area (Å²) in [6, 6.07) is 4.75. The number of nitrogens with zero attached hydrogens (tertiary/aromatic N) is 1. The van der Waals surface area contributed by atoms with Gasteiger partial charge in [-0.3, -0.25) is 0 Å². The molecule has 2 rings (SSSR count). The third kappa shape index (κ3) is 1.15. The third-order valence-electron chi connectivity index (χ3n) is 1.29. The molecule has 1 aromatic carbocycles. The molecule has 0 aliphatic heterocycles. The number of hydrogen-bond acceptors (Lipinski definition) is 2. The molecule has 1 aromatic heterocycles. The molecule has 0 N–H and O–H groups in total. The van der Waals surface area contributed by atoms with Gasteiger partial charge in [0.1, 0.15) is 12.0 Å². The quantitative estimate of drug-likeness (QED) is 0.620. The summed E-state index contributed by atoms with van der Waals surface area (Å²) >= 11 is 0. The Labute approximate surface area is 68.7 Å². The summed E-state index contributed by atoms with van der Waals surface area (Å²) in [5.41, 5.74) is 0.856. The van der Waals surface area contributed by atoms with Crippen LogP contribution in [0.3, 0.4) is 0 Å². The molecule has 2 nitrogen and oxygen atoms in total. The van der Waals surface area contributed by atoms with Crippen LogP contribution in [0.25, 0.3) is 11.3 Å². The molecular weight excluding hydrogens is 138 g/mol. The Morgan fingerprint density at radius 3 is 2.82 bits per heavy atom. The maximum absolute atomic E-state index is 7.61. The lowest BCUT2D eigenvalue weighted by Gasteiger charge is -1.90. The minimum Gasteiger partial charge on any atom is -0.364 e. The van der Waals surface area contributed by atoms with Gasteiger partial charge in [-0.25, -0.2) is 0 Å². The van der Waals surface area contributed by atoms with E-state index in [0.29, 0.717) is 11.3 Å². The molecule has 2 aromatic rings. The molecule has 0 fully saturated rings. The van der Waals surface area contributed by atoms with E-state index in [2.05, 4.69) is 9.68 Å². The second-order valence-electron chi connectivity index (χ2n) is 2.00. The first kappa shape index (κ1) is 3.72. The summed E-state index contributed by atoms with van der Waals surface area (Å²) in [5.74, 6) is 0. The lowest BCUT2D eigenvalue weighted by molar-refractivity contribution is 0.422. The second-order valence-corrected chi connectivity index (χ2v) is 2.00. The van der Waals surface area contributed by atoms with Crippen molar-refractivity contribution in [2.75, 3.05) is 0 Å². The van der Waals surface area contributed by atoms with Crippen LogP contribution in [-0.4, -0.2) is 5.16 Å². The Hall–Kier alpha value is -1.57. The summed E-state index contributed by atoms with van der Waals surface area (Å²) in [7, 11) is 0. The summed E-state index contributed by atoms with van der Waals surface area (Å²) in [6.07, 6.45) is 1.39. The average molecular weight is 148 g/mol. The Morgan fingerprint density at radius 2 is 2.18 bits per heavy atom. The largest absolute Gasteiger partial charge is 0.364 e. The van der Waals surface area contributed by atoms with Gasteiger partial charge in [-0.05, 0) is 0 Å². The van der Waals surface area contributed by atoms with Crippen molar-refractivity contribution in [3.8, 4) is 11.3 Å². The van der Waals surface area contributed by atoms with E-state index in [0.717, 1.165) is 0 Å². The zero-order valence-electron chi connectivity index (χ0n) is 8.66. The average Bonchev–Trinajstić information content (AvgIpc) is 2.54. The first-order valence-electron chi connectivity index (χ1n) is 4.67. The van der Waals surface area contributed by atoms with Crippen molar-refractivity contribution in [1.29, 1.82) is 0 Å². The van der Waals surface area contributed by atoms with Gasteiger partial charge in [0.25, 0.3) is 0 Å². The van der Waals surface area contributed by atoms with Gasteiger partial charge in [0.2, 0.25) is 0 Å². The topological polar surface area (TPSA) is 26.0 Å². The standard InChI is InChI=1S/C9H7NO/c1-2-4-8(5-3-1)9-6-7-11-10-9/h1-7H/i1D,4D,5D. The molecule has 54 valence electrons. The Kier molecular flexibility index (Phi) is 0.872. The number of hydrogen-bond donors (Lipinski definition) is 0. The monoisotopic (exact) mass is 148 g/mol. The van der Waals surface area contributed by atoms with Crippen LogP contribution >= 0.6 is 0 Å². The Morgan fingerprint density at radius 1 is 1.36 bits per heavy atom. The minimum atomic E-state index is 0.122. The Bertz CT molecular complexity index is 430. The number of rotatable bonds is 1. The Balaban J connectivity index is 2.64. The van der Waals surface area contributed by atoms with Crippen LogP contribution in [0.1, 0.15) is 4.11 Å². The van der Waals surface area contributed by atoms with Crippen LogP contribution in [0.2, 0.25) is 0 Å². The molecule has 11 heavy (non-hydrogen) atoms. The van der Waals surface area contributed by atoms with Gasteiger partial charge in [-0.15, -0.1) is 0 Å². The molecule has 0 radical (unpaired) electrons. The molecule has 0 saturated carbocycles. The van der Waals surface area contributed by atoms with E-state index < -0.39 is 0 Å². The van der Waals surface area contributed by atoms with Gasteiger partial charge in [-0.1, -0.05) is 35.4 Å². The summed E-state index contributed by atoms with van der Waals surface area (Å²) in [5, 5.41) is 3.66. The predicted molar refractivity (Wildman–Crippen MR) is 41.9 cm³/mol. The van der Waals surface area contributed by atoms with Crippen LogP contribution in [0.15, 0.2) is 47.1 Å². The van der Waals surface area contributed by atoms with Crippen LogP contribution in [0.4, 0.5) is 0 Å². The van der Waals surface area contributed by atoms with E-state index in [1.165, 1.54) is 18.4 Å². The van der Waals surface area contributed by atoms with Crippen molar-refractivity contribution in [2.24, 2.45) is 0 Å². The molecule has 0 atom stereocenters. The van der Waals surface area contributed by atoms with Crippen molar-refractivity contribution >= 4 is 0 Å². The smallest absolute Gasteiger partial charge is 0.124 e. The molecule has 0 aliphatic carbocycles. The molecule has 0 aliphatic rings. The van der Waals surface area contributed by atoms with Crippen molar-refractivity contribution in [1.82, 2.24) is 5.16 Å². The highest BCUT2D eigenvalue weighted by atomic mass is 16.5. The lowest BCUT2D eigenvalue weighted by Crippen LogP contribution is -1.73. The number of benzene rings is 1. The van der Waals surface area contributed by atoms with Gasteiger partial charge in [0.15, 0.2) is 0 Å². The van der Waals surface area contributed by atoms with Crippen molar-refractivity contribution in [3.05, 3.63) is 42.6 Å². The van der Waals surface area contributed by atoms with Crippen LogP contribution in [0, 0.1) is 0 Å². The normalized spacial score (nSPS) is 13.6. The van der Waals surface area contributed by atoms with E-state index in [1.54, 1.807) is 6.07 Å². The zero-order valence-corrected chi connectivity index (χ0v) is 5.66. The van der Waals surface area contributed by atoms with Gasteiger partial charge in [-0.2, -0.15) is 0 Å². The van der Waals surface area contributed by atoms with E-state index in [-0.39, 0.29) is 18.1 Å². The zero-order chi connectivity index (χ0) is 10.1. The SMILES string of the molecule is [2H]c1cc([2H])c(-c2ccon2)c([2H])c1. The number of aromatic nitrogens is 1. The van der Waals surface area contributed by atoms with Crippen molar-refractivity contribution < 1.29 is 8.64 Å². The van der Waals surface area contributed by atoms with E-state index in [9.17, 15) is 0 Å². The fraction of sp³-hybridized carbons (Fsp3) is 0. The highest BCUT2D eigenvalue weighted by molar-refractivity contribution is 5.57. The van der Waals surface area contributed by atoms with Crippen LogP contribution in [0.5, 0.6) is 0 Å². The molecule has 0 spiro atoms. The predicted octanol–water partition coefficient (Wildman–Crippen LogP) is 2.34. The third-order valence-corrected chi connectivity index (χ3v) is 1.29. The molecule has 0 amide bonds. The van der Waals surface area contributed by atoms with Crippen molar-refractivity contribution in [2.45, 2.75) is 0 Å². The summed E-state index contributed by atoms with van der Waals surface area (Å²) < 4.78 is 27.2. The van der Waals surface area contributed by atoms with E-state index in [1.807, 2.05) is 0 Å². The first-order valence-corrected chi connectivity index (χ1v) is 3.17. The lowest BCUT2D eigenvalue weighted by atomic mass is 10.2. The van der Waals surface area contributed by atoms with Crippen LogP contribution in [-0.2, 0) is 0 Å². The maximum atomic E-state index is 7.61. The van der Waals surface area contributed by atoms with Gasteiger partial charge >= 0.3 is 0 Å². The molecule has 0 unspecified atom stereocenters. The summed E-state index contributed by atoms with van der Waals surface area (Å²) in [6.45, 7) is 0. The molecule has 1 heterocycles. The fourth-order valence-corrected chi connectivity index (χ4v) is 0.800. The molecule has 0 bridgehead atoms. The molecular formula is C9H7NO. The highest BCUT2D eigenvalue weighted by Gasteiger charge is 1.96. The molecule has 2 heteroatoms. The van der Waals surface area contributed by atoms with Gasteiger partial charge in [0.05, 0.1) is 4.11 Å². The van der Waals surface area contributed by atoms with Crippen LogP contribution < -0.4 is 0 Å². The molecule has 0 saturated heterocycles. The van der Waals surface area contributed by atoms with Gasteiger partial charge < -0.3 is 4.52 Å². The van der Waals surface area contributed by atoms with E-state index >= 15 is 0 Å². The van der Waals surface area contributed by atoms with Crippen molar-refractivity contribution in [3.63, 3.8) is 0 Å². The second kappa shape index (κ2) is 2.58. The minimum absolute atomic E-state index is 0.122. The first-order chi connectivity index (χ1) is 6.68.